The van der Waals surface area contributed by atoms with Gasteiger partial charge in [-0.25, -0.2) is 0 Å². The van der Waals surface area contributed by atoms with E-state index in [-0.39, 0.29) is 31.2 Å². The van der Waals surface area contributed by atoms with Crippen molar-refractivity contribution in [2.24, 2.45) is 0 Å². The molecule has 0 aromatic heterocycles. The van der Waals surface area contributed by atoms with Crippen LogP contribution in [-0.4, -0.2) is 63.4 Å². The fraction of sp³-hybridized carbons (Fsp3) is 1.00. The molecule has 3 fully saturated rings. The van der Waals surface area contributed by atoms with Crippen LogP contribution < -0.4 is 12.4 Å². The van der Waals surface area contributed by atoms with Gasteiger partial charge in [-0.1, -0.05) is 51.4 Å². The van der Waals surface area contributed by atoms with Crippen LogP contribution in [0.1, 0.15) is 57.1 Å². The second-order valence-corrected chi connectivity index (χ2v) is 9.01. The van der Waals surface area contributed by atoms with Crippen LogP contribution in [0.5, 0.6) is 0 Å². The Bertz CT molecular complexity index is 344. The van der Waals surface area contributed by atoms with Crippen molar-refractivity contribution < 1.29 is 31.2 Å². The van der Waals surface area contributed by atoms with Crippen LogP contribution in [0.4, 0.5) is 0 Å². The number of hydrogen-bond acceptors (Lipinski definition) is 0. The van der Waals surface area contributed by atoms with Gasteiger partial charge < -0.3 is 39.0 Å². The zero-order valence-corrected chi connectivity index (χ0v) is 19.3. The summed E-state index contributed by atoms with van der Waals surface area (Å²) in [5.74, 6) is 0. The first-order chi connectivity index (χ1) is 12.8. The minimum Gasteiger partial charge on any atom is 0 e. The average Bonchev–Trinajstić information content (AvgIpc) is 2.67. The molecule has 0 amide bonds. The molecular weight excluding hydrogens is 448 g/mol. The Hall–Kier alpha value is 1.19. The molecule has 1 aliphatic heterocycles. The molecule has 1 saturated heterocycles. The summed E-state index contributed by atoms with van der Waals surface area (Å²) >= 11 is 0.194. The van der Waals surface area contributed by atoms with E-state index in [2.05, 4.69) is 5.32 Å². The van der Waals surface area contributed by atoms with Crippen molar-refractivity contribution in [2.45, 2.75) is 75.5 Å². The number of hydrogen-bond donors (Lipinski definition) is 0. The summed E-state index contributed by atoms with van der Waals surface area (Å²) in [6.45, 7) is 5.21. The van der Waals surface area contributed by atoms with E-state index in [0.717, 1.165) is 39.3 Å². The van der Waals surface area contributed by atoms with Crippen LogP contribution in [0.2, 0.25) is 0 Å². The number of halogens is 3. The summed E-state index contributed by atoms with van der Waals surface area (Å²) in [6, 6.07) is 1.76. The minimum atomic E-state index is 0. The Kier molecular flexibility index (Phi) is 16.4. The minimum absolute atomic E-state index is 0. The Morgan fingerprint density at radius 2 is 0.815 bits per heavy atom. The van der Waals surface area contributed by atoms with Crippen molar-refractivity contribution in [3.8, 4) is 0 Å². The third-order valence-corrected chi connectivity index (χ3v) is 5.46. The number of rotatable bonds is 0. The normalized spacial score (nSPS) is 33.7. The standard InChI is InChI=1S/C18H32N5.3ClH.Fe.4H2/c1-3-7-17-15(5-1)20-11-9-19-10-12-21-16-6-2-4-8-18(16)23-14-13-22-17;;;;;;;;/h15-18H,1-14H2;3*1H;;4*1H/q-5;;;;+2;;;;/p-3. The summed E-state index contributed by atoms with van der Waals surface area (Å²) in [4.78, 5) is 0. The van der Waals surface area contributed by atoms with Gasteiger partial charge in [-0.15, -0.1) is 0 Å². The summed E-state index contributed by atoms with van der Waals surface area (Å²) in [7, 11) is 9.53. The molecule has 172 valence electrons. The Labute approximate surface area is 192 Å². The van der Waals surface area contributed by atoms with Crippen LogP contribution in [-0.2, 0) is 13.1 Å². The smallest absolute Gasteiger partial charge is 0 e. The van der Waals surface area contributed by atoms with Crippen molar-refractivity contribution in [3.05, 3.63) is 26.6 Å². The van der Waals surface area contributed by atoms with E-state index in [1.807, 2.05) is 0 Å². The predicted molar refractivity (Wildman–Crippen MR) is 118 cm³/mol. The van der Waals surface area contributed by atoms with Gasteiger partial charge in [-0.2, -0.15) is 63.4 Å². The van der Waals surface area contributed by atoms with Crippen molar-refractivity contribution in [1.29, 1.82) is 0 Å². The van der Waals surface area contributed by atoms with Gasteiger partial charge in [0.1, 0.15) is 0 Å². The zero-order valence-electron chi connectivity index (χ0n) is 15.9. The van der Waals surface area contributed by atoms with Gasteiger partial charge >= 0.3 is 33.3 Å². The van der Waals surface area contributed by atoms with Crippen molar-refractivity contribution in [3.63, 3.8) is 0 Å². The molecule has 0 aromatic carbocycles. The van der Waals surface area contributed by atoms with Gasteiger partial charge in [0.05, 0.1) is 0 Å². The van der Waals surface area contributed by atoms with Crippen molar-refractivity contribution in [2.75, 3.05) is 39.3 Å². The molecule has 1 heterocycles. The molecule has 2 saturated carbocycles. The SMILES string of the molecule is C1CCC2[N-]CC[N-]C3CCCCC3[N-]CC[N-]CC[N-]C2C1.[Cl-].[Cl][Fe][Cl].[HH].[HH].[HH].[HH]. The second kappa shape index (κ2) is 16.9. The van der Waals surface area contributed by atoms with Crippen LogP contribution in [0.3, 0.4) is 0 Å². The summed E-state index contributed by atoms with van der Waals surface area (Å²) in [5, 5.41) is 24.3. The number of nitrogens with zero attached hydrogens (tertiary/aromatic N) is 5. The van der Waals surface area contributed by atoms with Gasteiger partial charge in [0, 0.05) is 5.71 Å². The molecule has 4 unspecified atom stereocenters. The quantitative estimate of drug-likeness (QED) is 0.465. The summed E-state index contributed by atoms with van der Waals surface area (Å²) < 4.78 is 0. The van der Waals surface area contributed by atoms with Crippen LogP contribution >= 0.6 is 20.2 Å². The van der Waals surface area contributed by atoms with E-state index in [1.165, 1.54) is 51.4 Å². The molecule has 5 nitrogen and oxygen atoms in total. The fourth-order valence-electron chi connectivity index (χ4n) is 4.18. The monoisotopic (exact) mass is 487 g/mol. The van der Waals surface area contributed by atoms with E-state index in [1.54, 1.807) is 0 Å². The van der Waals surface area contributed by atoms with E-state index in [0.29, 0.717) is 24.2 Å². The first-order valence-electron chi connectivity index (χ1n) is 10.00. The van der Waals surface area contributed by atoms with Crippen molar-refractivity contribution in [1.82, 2.24) is 0 Å². The third-order valence-electron chi connectivity index (χ3n) is 5.46. The summed E-state index contributed by atoms with van der Waals surface area (Å²) in [6.07, 6.45) is 10.1. The molecule has 0 spiro atoms. The van der Waals surface area contributed by atoms with Gasteiger partial charge in [0.2, 0.25) is 0 Å². The molecule has 4 atom stereocenters. The van der Waals surface area contributed by atoms with E-state index in [9.17, 15) is 0 Å². The molecule has 0 radical (unpaired) electrons. The van der Waals surface area contributed by atoms with Gasteiger partial charge in [0.15, 0.2) is 0 Å². The van der Waals surface area contributed by atoms with E-state index >= 15 is 0 Å². The Morgan fingerprint density at radius 3 is 1.11 bits per heavy atom. The Balaban J connectivity index is -0.000000432. The molecule has 0 bridgehead atoms. The van der Waals surface area contributed by atoms with Crippen LogP contribution in [0.15, 0.2) is 0 Å². The maximum atomic E-state index is 4.95. The topological polar surface area (TPSA) is 70.5 Å². The van der Waals surface area contributed by atoms with Crippen molar-refractivity contribution >= 4 is 20.2 Å². The van der Waals surface area contributed by atoms with E-state index in [4.69, 9.17) is 41.5 Å². The molecule has 9 heteroatoms. The van der Waals surface area contributed by atoms with E-state index < -0.39 is 0 Å². The molecule has 3 rings (SSSR count). The largest absolute Gasteiger partial charge is 0 e. The fourth-order valence-corrected chi connectivity index (χ4v) is 4.18. The molecule has 3 aliphatic rings. The van der Waals surface area contributed by atoms with Crippen LogP contribution in [0.25, 0.3) is 26.6 Å². The average molecular weight is 489 g/mol. The molecule has 0 N–H and O–H groups in total. The first-order valence-corrected chi connectivity index (χ1v) is 13.0. The molecule has 2 aliphatic carbocycles. The third kappa shape index (κ3) is 10.7. The van der Waals surface area contributed by atoms with Crippen LogP contribution in [0, 0.1) is 0 Å². The van der Waals surface area contributed by atoms with Gasteiger partial charge in [-0.3, -0.25) is 0 Å². The first kappa shape index (κ1) is 26.2. The summed E-state index contributed by atoms with van der Waals surface area (Å²) in [5.41, 5.74) is 0. The molecule has 27 heavy (non-hydrogen) atoms. The zero-order chi connectivity index (χ0) is 18.5. The second-order valence-electron chi connectivity index (χ2n) is 7.18. The number of fused-ring (bicyclic) bond motifs is 2. The predicted octanol–water partition coefficient (Wildman–Crippen LogP) is 3.86. The maximum Gasteiger partial charge on any atom is 0 e. The Morgan fingerprint density at radius 1 is 0.556 bits per heavy atom. The molecule has 0 aromatic rings. The van der Waals surface area contributed by atoms with Gasteiger partial charge in [0.25, 0.3) is 0 Å². The molecular formula is C18H40Cl3FeN5-6. The maximum absolute atomic E-state index is 4.95. The van der Waals surface area contributed by atoms with Gasteiger partial charge in [-0.05, 0) is 0 Å².